The van der Waals surface area contributed by atoms with Gasteiger partial charge < -0.3 is 15.2 Å². The number of rotatable bonds is 7. The number of primary amides is 1. The lowest BCUT2D eigenvalue weighted by molar-refractivity contribution is -0.116. The summed E-state index contributed by atoms with van der Waals surface area (Å²) < 4.78 is 37.2. The number of nitrogens with zero attached hydrogens (tertiary/aromatic N) is 1. The molecule has 2 aromatic carbocycles. The van der Waals surface area contributed by atoms with Crippen LogP contribution in [0.1, 0.15) is 0 Å². The highest BCUT2D eigenvalue weighted by Crippen LogP contribution is 2.35. The van der Waals surface area contributed by atoms with Crippen molar-refractivity contribution in [3.63, 3.8) is 0 Å². The number of sulfonamides is 1. The van der Waals surface area contributed by atoms with Gasteiger partial charge in [0.05, 0.1) is 24.8 Å². The number of amides is 1. The summed E-state index contributed by atoms with van der Waals surface area (Å²) in [5.74, 6) is -0.114. The average Bonchev–Trinajstić information content (AvgIpc) is 2.59. The lowest BCUT2D eigenvalue weighted by Gasteiger charge is -2.25. The lowest BCUT2D eigenvalue weighted by atomic mass is 10.2. The maximum absolute atomic E-state index is 13.0. The van der Waals surface area contributed by atoms with Crippen LogP contribution in [0.3, 0.4) is 0 Å². The monoisotopic (exact) mass is 384 g/mol. The van der Waals surface area contributed by atoms with E-state index in [0.717, 1.165) is 4.31 Å². The second-order valence-electron chi connectivity index (χ2n) is 4.97. The Kier molecular flexibility index (Phi) is 5.76. The predicted octanol–water partition coefficient (Wildman–Crippen LogP) is 2.04. The van der Waals surface area contributed by atoms with Crippen molar-refractivity contribution in [1.29, 1.82) is 0 Å². The third-order valence-corrected chi connectivity index (χ3v) is 5.38. The topological polar surface area (TPSA) is 98.9 Å². The fourth-order valence-corrected chi connectivity index (χ4v) is 3.73. The summed E-state index contributed by atoms with van der Waals surface area (Å²) in [6, 6.07) is 10.1. The van der Waals surface area contributed by atoms with Crippen LogP contribution in [-0.4, -0.2) is 35.1 Å². The van der Waals surface area contributed by atoms with Crippen molar-refractivity contribution < 1.29 is 22.7 Å². The minimum Gasteiger partial charge on any atom is -0.497 e. The van der Waals surface area contributed by atoms with Gasteiger partial charge in [-0.2, -0.15) is 0 Å². The van der Waals surface area contributed by atoms with E-state index >= 15 is 0 Å². The molecule has 0 saturated carbocycles. The molecule has 9 heteroatoms. The number of carbonyl (C=O) groups is 1. The maximum atomic E-state index is 13.0. The van der Waals surface area contributed by atoms with Crippen LogP contribution >= 0.6 is 11.6 Å². The molecule has 0 aliphatic heterocycles. The zero-order valence-electron chi connectivity index (χ0n) is 13.6. The molecule has 1 amide bonds. The summed E-state index contributed by atoms with van der Waals surface area (Å²) in [5.41, 5.74) is 5.41. The van der Waals surface area contributed by atoms with Gasteiger partial charge in [-0.15, -0.1) is 0 Å². The molecule has 0 radical (unpaired) electrons. The Hall–Kier alpha value is -2.45. The van der Waals surface area contributed by atoms with Crippen LogP contribution in [-0.2, 0) is 14.8 Å². The zero-order chi connectivity index (χ0) is 18.6. The minimum absolute atomic E-state index is 0.0315. The Morgan fingerprint density at radius 2 is 1.76 bits per heavy atom. The molecule has 25 heavy (non-hydrogen) atoms. The van der Waals surface area contributed by atoms with Gasteiger partial charge in [0.15, 0.2) is 0 Å². The normalized spacial score (nSPS) is 11.0. The summed E-state index contributed by atoms with van der Waals surface area (Å²) in [5, 5.41) is 0.391. The summed E-state index contributed by atoms with van der Waals surface area (Å²) >= 11 is 5.81. The molecular weight excluding hydrogens is 368 g/mol. The molecule has 0 heterocycles. The summed E-state index contributed by atoms with van der Waals surface area (Å²) in [6.07, 6.45) is 0. The molecule has 0 aromatic heterocycles. The quantitative estimate of drug-likeness (QED) is 0.787. The number of carbonyl (C=O) groups excluding carboxylic acids is 1. The molecule has 0 spiro atoms. The third kappa shape index (κ3) is 4.15. The fourth-order valence-electron chi connectivity index (χ4n) is 2.17. The molecule has 7 nitrogen and oxygen atoms in total. The van der Waals surface area contributed by atoms with E-state index < -0.39 is 22.5 Å². The van der Waals surface area contributed by atoms with Gasteiger partial charge >= 0.3 is 0 Å². The second-order valence-corrected chi connectivity index (χ2v) is 7.27. The van der Waals surface area contributed by atoms with Gasteiger partial charge in [0.25, 0.3) is 10.0 Å². The maximum Gasteiger partial charge on any atom is 0.264 e. The Labute approximate surface area is 151 Å². The van der Waals surface area contributed by atoms with Gasteiger partial charge in [0, 0.05) is 11.1 Å². The van der Waals surface area contributed by atoms with E-state index in [4.69, 9.17) is 26.8 Å². The van der Waals surface area contributed by atoms with Crippen LogP contribution in [0.2, 0.25) is 5.02 Å². The largest absolute Gasteiger partial charge is 0.497 e. The molecule has 0 atom stereocenters. The molecule has 0 aliphatic carbocycles. The van der Waals surface area contributed by atoms with Crippen LogP contribution < -0.4 is 19.5 Å². The molecule has 0 saturated heterocycles. The van der Waals surface area contributed by atoms with Gasteiger partial charge in [-0.05, 0) is 36.4 Å². The molecule has 134 valence electrons. The van der Waals surface area contributed by atoms with Gasteiger partial charge in [-0.1, -0.05) is 11.6 Å². The zero-order valence-corrected chi connectivity index (χ0v) is 15.2. The minimum atomic E-state index is -4.07. The number of halogens is 1. The molecule has 2 rings (SSSR count). The van der Waals surface area contributed by atoms with Gasteiger partial charge in [-0.3, -0.25) is 9.10 Å². The predicted molar refractivity (Wildman–Crippen MR) is 94.7 cm³/mol. The molecule has 0 fully saturated rings. The Bertz CT molecular complexity index is 869. The SMILES string of the molecule is COc1ccc(N(CC(N)=O)S(=O)(=O)c2ccc(Cl)cc2)c(OC)c1. The second kappa shape index (κ2) is 7.62. The van der Waals surface area contributed by atoms with Crippen LogP contribution in [0.15, 0.2) is 47.4 Å². The Morgan fingerprint density at radius 3 is 2.28 bits per heavy atom. The van der Waals surface area contributed by atoms with Gasteiger partial charge in [-0.25, -0.2) is 8.42 Å². The van der Waals surface area contributed by atoms with Crippen LogP contribution in [0, 0.1) is 0 Å². The molecule has 0 aliphatic rings. The highest BCUT2D eigenvalue weighted by atomic mass is 35.5. The number of ether oxygens (including phenoxy) is 2. The molecule has 0 unspecified atom stereocenters. The van der Waals surface area contributed by atoms with Crippen molar-refractivity contribution in [1.82, 2.24) is 0 Å². The van der Waals surface area contributed by atoms with Crippen molar-refractivity contribution in [3.05, 3.63) is 47.5 Å². The Balaban J connectivity index is 2.60. The van der Waals surface area contributed by atoms with Crippen LogP contribution in [0.25, 0.3) is 0 Å². The van der Waals surface area contributed by atoms with E-state index in [-0.39, 0.29) is 16.3 Å². The number of nitrogens with two attached hydrogens (primary N) is 1. The third-order valence-electron chi connectivity index (χ3n) is 3.36. The molecule has 2 aromatic rings. The van der Waals surface area contributed by atoms with Crippen molar-refractivity contribution in [3.8, 4) is 11.5 Å². The number of benzene rings is 2. The van der Waals surface area contributed by atoms with E-state index in [9.17, 15) is 13.2 Å². The summed E-state index contributed by atoms with van der Waals surface area (Å²) in [7, 11) is -1.21. The fraction of sp³-hybridized carbons (Fsp3) is 0.188. The first-order chi connectivity index (χ1) is 11.8. The highest BCUT2D eigenvalue weighted by molar-refractivity contribution is 7.92. The van der Waals surface area contributed by atoms with Crippen molar-refractivity contribution >= 4 is 33.2 Å². The van der Waals surface area contributed by atoms with Crippen LogP contribution in [0.5, 0.6) is 11.5 Å². The molecule has 0 bridgehead atoms. The first-order valence-corrected chi connectivity index (χ1v) is 8.90. The first kappa shape index (κ1) is 18.9. The number of anilines is 1. The van der Waals surface area contributed by atoms with Gasteiger partial charge in [0.2, 0.25) is 5.91 Å². The first-order valence-electron chi connectivity index (χ1n) is 7.08. The highest BCUT2D eigenvalue weighted by Gasteiger charge is 2.29. The summed E-state index contributed by atoms with van der Waals surface area (Å²) in [6.45, 7) is -0.548. The van der Waals surface area contributed by atoms with Crippen molar-refractivity contribution in [2.24, 2.45) is 5.73 Å². The van der Waals surface area contributed by atoms with Crippen molar-refractivity contribution in [2.75, 3.05) is 25.1 Å². The Morgan fingerprint density at radius 1 is 1.12 bits per heavy atom. The van der Waals surface area contributed by atoms with Crippen LogP contribution in [0.4, 0.5) is 5.69 Å². The number of hydrogen-bond acceptors (Lipinski definition) is 5. The number of methoxy groups -OCH3 is 2. The average molecular weight is 385 g/mol. The smallest absolute Gasteiger partial charge is 0.264 e. The van der Waals surface area contributed by atoms with E-state index in [2.05, 4.69) is 0 Å². The standard InChI is InChI=1S/C16H17ClN2O5S/c1-23-12-5-8-14(15(9-12)24-2)19(10-16(18)20)25(21,22)13-6-3-11(17)4-7-13/h3-9H,10H2,1-2H3,(H2,18,20). The van der Waals surface area contributed by atoms with Crippen molar-refractivity contribution in [2.45, 2.75) is 4.90 Å². The number of hydrogen-bond donors (Lipinski definition) is 1. The lowest BCUT2D eigenvalue weighted by Crippen LogP contribution is -2.38. The molecule has 2 N–H and O–H groups in total. The van der Waals surface area contributed by atoms with Gasteiger partial charge in [0.1, 0.15) is 18.0 Å². The van der Waals surface area contributed by atoms with E-state index in [1.54, 1.807) is 6.07 Å². The molecular formula is C16H17ClN2O5S. The van der Waals surface area contributed by atoms with E-state index in [1.165, 1.54) is 50.6 Å². The van der Waals surface area contributed by atoms with E-state index in [0.29, 0.717) is 10.8 Å². The van der Waals surface area contributed by atoms with E-state index in [1.807, 2.05) is 0 Å². The summed E-state index contributed by atoms with van der Waals surface area (Å²) in [4.78, 5) is 11.4.